The monoisotopic (exact) mass is 306 g/mol. The minimum atomic E-state index is -3.62. The van der Waals surface area contributed by atoms with Crippen molar-refractivity contribution in [2.45, 2.75) is 24.8 Å². The molecule has 0 bridgehead atoms. The van der Waals surface area contributed by atoms with E-state index in [-0.39, 0.29) is 4.90 Å². The van der Waals surface area contributed by atoms with Gasteiger partial charge in [-0.3, -0.25) is 9.29 Å². The number of aliphatic hydroxyl groups excluding tert-OH is 1. The van der Waals surface area contributed by atoms with Gasteiger partial charge >= 0.3 is 0 Å². The van der Waals surface area contributed by atoms with Gasteiger partial charge in [0, 0.05) is 18.9 Å². The number of hydrogen-bond acceptors (Lipinski definition) is 4. The van der Waals surface area contributed by atoms with Crippen molar-refractivity contribution in [3.63, 3.8) is 0 Å². The summed E-state index contributed by atoms with van der Waals surface area (Å²) in [6.45, 7) is 3.74. The zero-order valence-corrected chi connectivity index (χ0v) is 12.8. The highest BCUT2D eigenvalue weighted by molar-refractivity contribution is 7.92. The minimum Gasteiger partial charge on any atom is -0.389 e. The van der Waals surface area contributed by atoms with E-state index in [0.717, 1.165) is 0 Å². The predicted molar refractivity (Wildman–Crippen MR) is 81.5 cm³/mol. The molecule has 0 saturated heterocycles. The molecule has 0 amide bonds. The molecule has 0 spiro atoms. The molecule has 1 heterocycles. The van der Waals surface area contributed by atoms with Crippen LogP contribution >= 0.6 is 0 Å². The summed E-state index contributed by atoms with van der Waals surface area (Å²) in [4.78, 5) is 4.10. The number of rotatable bonds is 5. The molecule has 0 fully saturated rings. The van der Waals surface area contributed by atoms with Crippen molar-refractivity contribution in [2.24, 2.45) is 0 Å². The molecule has 2 aromatic rings. The average Bonchev–Trinajstić information content (AvgIpc) is 2.49. The van der Waals surface area contributed by atoms with E-state index in [2.05, 4.69) is 4.98 Å². The van der Waals surface area contributed by atoms with Gasteiger partial charge in [-0.1, -0.05) is 12.1 Å². The SMILES string of the molecule is CCN(c1ccncc1)S(=O)(=O)c1ccc(C(C)O)cc1. The Kier molecular flexibility index (Phi) is 4.59. The lowest BCUT2D eigenvalue weighted by Crippen LogP contribution is -2.30. The lowest BCUT2D eigenvalue weighted by molar-refractivity contribution is 0.199. The molecule has 1 N–H and O–H groups in total. The Labute approximate surface area is 124 Å². The van der Waals surface area contributed by atoms with Crippen LogP contribution in [0.5, 0.6) is 0 Å². The molecule has 1 aromatic carbocycles. The molecule has 5 nitrogen and oxygen atoms in total. The van der Waals surface area contributed by atoms with Gasteiger partial charge in [0.15, 0.2) is 0 Å². The average molecular weight is 306 g/mol. The van der Waals surface area contributed by atoms with E-state index in [9.17, 15) is 13.5 Å². The first-order valence-electron chi connectivity index (χ1n) is 6.67. The second-order valence-electron chi connectivity index (χ2n) is 4.62. The van der Waals surface area contributed by atoms with E-state index in [0.29, 0.717) is 17.8 Å². The summed E-state index contributed by atoms with van der Waals surface area (Å²) in [5, 5.41) is 9.48. The summed E-state index contributed by atoms with van der Waals surface area (Å²) in [7, 11) is -3.62. The smallest absolute Gasteiger partial charge is 0.264 e. The molecule has 21 heavy (non-hydrogen) atoms. The zero-order chi connectivity index (χ0) is 15.5. The third-order valence-corrected chi connectivity index (χ3v) is 5.11. The fourth-order valence-electron chi connectivity index (χ4n) is 2.05. The Hall–Kier alpha value is -1.92. The highest BCUT2D eigenvalue weighted by Crippen LogP contribution is 2.24. The fourth-order valence-corrected chi connectivity index (χ4v) is 3.52. The van der Waals surface area contributed by atoms with Crippen molar-refractivity contribution >= 4 is 15.7 Å². The molecular weight excluding hydrogens is 288 g/mol. The summed E-state index contributed by atoms with van der Waals surface area (Å²) in [6.07, 6.45) is 2.50. The van der Waals surface area contributed by atoms with Gasteiger partial charge in [0.1, 0.15) is 0 Å². The maximum atomic E-state index is 12.7. The number of anilines is 1. The lowest BCUT2D eigenvalue weighted by Gasteiger charge is -2.22. The molecule has 0 aliphatic carbocycles. The highest BCUT2D eigenvalue weighted by Gasteiger charge is 2.23. The first-order valence-corrected chi connectivity index (χ1v) is 8.11. The van der Waals surface area contributed by atoms with Crippen molar-refractivity contribution in [3.05, 3.63) is 54.4 Å². The normalized spacial score (nSPS) is 12.9. The number of aliphatic hydroxyl groups is 1. The predicted octanol–water partition coefficient (Wildman–Crippen LogP) is 2.35. The Balaban J connectivity index is 2.40. The first-order chi connectivity index (χ1) is 9.96. The summed E-state index contributed by atoms with van der Waals surface area (Å²) in [5.74, 6) is 0. The molecule has 0 aliphatic rings. The summed E-state index contributed by atoms with van der Waals surface area (Å²) in [6, 6.07) is 9.59. The molecule has 6 heteroatoms. The molecule has 112 valence electrons. The van der Waals surface area contributed by atoms with Crippen LogP contribution in [0, 0.1) is 0 Å². The van der Waals surface area contributed by atoms with E-state index < -0.39 is 16.1 Å². The Morgan fingerprint density at radius 2 is 1.71 bits per heavy atom. The zero-order valence-electron chi connectivity index (χ0n) is 12.0. The molecular formula is C15H18N2O3S. The third kappa shape index (κ3) is 3.22. The number of aromatic nitrogens is 1. The maximum Gasteiger partial charge on any atom is 0.264 e. The summed E-state index contributed by atoms with van der Waals surface area (Å²) in [5.41, 5.74) is 1.26. The Morgan fingerprint density at radius 1 is 1.14 bits per heavy atom. The topological polar surface area (TPSA) is 70.5 Å². The third-order valence-electron chi connectivity index (χ3n) is 3.19. The second-order valence-corrected chi connectivity index (χ2v) is 6.48. The summed E-state index contributed by atoms with van der Waals surface area (Å²) >= 11 is 0. The van der Waals surface area contributed by atoms with Gasteiger partial charge in [0.05, 0.1) is 16.7 Å². The van der Waals surface area contributed by atoms with Gasteiger partial charge in [-0.25, -0.2) is 8.42 Å². The summed E-state index contributed by atoms with van der Waals surface area (Å²) < 4.78 is 26.7. The Bertz CT molecular complexity index is 683. The standard InChI is InChI=1S/C15H18N2O3S/c1-3-17(14-8-10-16-11-9-14)21(19,20)15-6-4-13(5-7-15)12(2)18/h4-12,18H,3H2,1-2H3. The van der Waals surface area contributed by atoms with Gasteiger partial charge in [-0.15, -0.1) is 0 Å². The van der Waals surface area contributed by atoms with Gasteiger partial charge in [-0.2, -0.15) is 0 Å². The number of pyridine rings is 1. The van der Waals surface area contributed by atoms with E-state index in [1.807, 2.05) is 0 Å². The molecule has 0 aliphatic heterocycles. The van der Waals surface area contributed by atoms with Crippen LogP contribution < -0.4 is 4.31 Å². The van der Waals surface area contributed by atoms with Crippen molar-refractivity contribution in [3.8, 4) is 0 Å². The number of nitrogens with zero attached hydrogens (tertiary/aromatic N) is 2. The molecule has 2 rings (SSSR count). The van der Waals surface area contributed by atoms with Gasteiger partial charge < -0.3 is 5.11 Å². The van der Waals surface area contributed by atoms with Crippen LogP contribution in [0.4, 0.5) is 5.69 Å². The van der Waals surface area contributed by atoms with Crippen molar-refractivity contribution in [1.29, 1.82) is 0 Å². The van der Waals surface area contributed by atoms with Gasteiger partial charge in [0.2, 0.25) is 0 Å². The Morgan fingerprint density at radius 3 is 2.19 bits per heavy atom. The van der Waals surface area contributed by atoms with Crippen LogP contribution in [0.3, 0.4) is 0 Å². The van der Waals surface area contributed by atoms with Crippen molar-refractivity contribution < 1.29 is 13.5 Å². The molecule has 1 aromatic heterocycles. The number of hydrogen-bond donors (Lipinski definition) is 1. The molecule has 0 saturated carbocycles. The first kappa shape index (κ1) is 15.5. The van der Waals surface area contributed by atoms with Crippen LogP contribution in [-0.4, -0.2) is 25.1 Å². The van der Waals surface area contributed by atoms with E-state index in [4.69, 9.17) is 0 Å². The van der Waals surface area contributed by atoms with Crippen LogP contribution in [0.15, 0.2) is 53.7 Å². The number of sulfonamides is 1. The van der Waals surface area contributed by atoms with Gasteiger partial charge in [-0.05, 0) is 43.7 Å². The number of benzene rings is 1. The van der Waals surface area contributed by atoms with Crippen molar-refractivity contribution in [2.75, 3.05) is 10.8 Å². The minimum absolute atomic E-state index is 0.200. The molecule has 0 radical (unpaired) electrons. The largest absolute Gasteiger partial charge is 0.389 e. The van der Waals surface area contributed by atoms with Crippen LogP contribution in [0.2, 0.25) is 0 Å². The molecule has 1 atom stereocenters. The van der Waals surface area contributed by atoms with E-state index in [1.165, 1.54) is 16.4 Å². The highest BCUT2D eigenvalue weighted by atomic mass is 32.2. The quantitative estimate of drug-likeness (QED) is 0.920. The second kappa shape index (κ2) is 6.24. The van der Waals surface area contributed by atoms with Crippen LogP contribution in [0.25, 0.3) is 0 Å². The maximum absolute atomic E-state index is 12.7. The van der Waals surface area contributed by atoms with E-state index >= 15 is 0 Å². The van der Waals surface area contributed by atoms with Crippen LogP contribution in [0.1, 0.15) is 25.5 Å². The molecule has 1 unspecified atom stereocenters. The van der Waals surface area contributed by atoms with Gasteiger partial charge in [0.25, 0.3) is 10.0 Å². The lowest BCUT2D eigenvalue weighted by atomic mass is 10.1. The van der Waals surface area contributed by atoms with E-state index in [1.54, 1.807) is 50.5 Å². The van der Waals surface area contributed by atoms with Crippen molar-refractivity contribution in [1.82, 2.24) is 4.98 Å². The van der Waals surface area contributed by atoms with Crippen LogP contribution in [-0.2, 0) is 10.0 Å². The fraction of sp³-hybridized carbons (Fsp3) is 0.267.